The van der Waals surface area contributed by atoms with E-state index in [1.165, 1.54) is 23.8 Å². The van der Waals surface area contributed by atoms with Gasteiger partial charge in [-0.05, 0) is 62.6 Å². The number of piperidine rings is 1. The SMILES string of the molecule is COC(=O)C(C)(C)[C@H](CCc1ccccc1)NN1[C@H](c2ccccc2)CCC[C@H]1c1ccccc1. The molecule has 3 aromatic rings. The van der Waals surface area contributed by atoms with Gasteiger partial charge < -0.3 is 4.74 Å². The molecule has 184 valence electrons. The van der Waals surface area contributed by atoms with Gasteiger partial charge in [0.15, 0.2) is 0 Å². The Morgan fingerprint density at radius 3 is 1.86 bits per heavy atom. The Morgan fingerprint density at radius 2 is 1.37 bits per heavy atom. The molecule has 4 heteroatoms. The summed E-state index contributed by atoms with van der Waals surface area (Å²) in [4.78, 5) is 13.0. The molecule has 4 rings (SSSR count). The summed E-state index contributed by atoms with van der Waals surface area (Å²) in [5, 5.41) is 2.44. The van der Waals surface area contributed by atoms with Crippen LogP contribution in [0.15, 0.2) is 91.0 Å². The number of ether oxygens (including phenoxy) is 1. The lowest BCUT2D eigenvalue weighted by molar-refractivity contribution is -0.154. The van der Waals surface area contributed by atoms with Crippen molar-refractivity contribution in [3.63, 3.8) is 0 Å². The molecule has 1 aliphatic rings. The summed E-state index contributed by atoms with van der Waals surface area (Å²) in [7, 11) is 1.48. The number of nitrogens with zero attached hydrogens (tertiary/aromatic N) is 1. The summed E-state index contributed by atoms with van der Waals surface area (Å²) < 4.78 is 5.26. The third kappa shape index (κ3) is 6.01. The van der Waals surface area contributed by atoms with Gasteiger partial charge in [0.05, 0.1) is 12.5 Å². The van der Waals surface area contributed by atoms with E-state index >= 15 is 0 Å². The number of aryl methyl sites for hydroxylation is 1. The first-order valence-electron chi connectivity index (χ1n) is 12.8. The van der Waals surface area contributed by atoms with Crippen molar-refractivity contribution in [2.24, 2.45) is 5.41 Å². The van der Waals surface area contributed by atoms with Crippen LogP contribution in [0.3, 0.4) is 0 Å². The van der Waals surface area contributed by atoms with E-state index in [0.29, 0.717) is 0 Å². The molecule has 1 heterocycles. The van der Waals surface area contributed by atoms with Crippen LogP contribution in [0.4, 0.5) is 0 Å². The molecule has 35 heavy (non-hydrogen) atoms. The Labute approximate surface area is 210 Å². The summed E-state index contributed by atoms with van der Waals surface area (Å²) in [6.07, 6.45) is 5.02. The number of nitrogens with one attached hydrogen (secondary N) is 1. The number of hydrogen-bond donors (Lipinski definition) is 1. The molecule has 0 aliphatic carbocycles. The smallest absolute Gasteiger partial charge is 0.312 e. The van der Waals surface area contributed by atoms with E-state index in [1.54, 1.807) is 0 Å². The first kappa shape index (κ1) is 25.2. The second kappa shape index (κ2) is 11.7. The molecule has 0 spiro atoms. The minimum atomic E-state index is -0.691. The number of carbonyl (C=O) groups excluding carboxylic acids is 1. The predicted octanol–water partition coefficient (Wildman–Crippen LogP) is 6.66. The maximum absolute atomic E-state index is 13.0. The van der Waals surface area contributed by atoms with Gasteiger partial charge in [0.1, 0.15) is 0 Å². The highest BCUT2D eigenvalue weighted by atomic mass is 16.5. The number of hydrazine groups is 1. The Morgan fingerprint density at radius 1 is 0.886 bits per heavy atom. The maximum atomic E-state index is 13.0. The minimum absolute atomic E-state index is 0.0920. The fraction of sp³-hybridized carbons (Fsp3) is 0.387. The number of hydrogen-bond acceptors (Lipinski definition) is 4. The second-order valence-electron chi connectivity index (χ2n) is 10.1. The molecule has 1 N–H and O–H groups in total. The van der Waals surface area contributed by atoms with Crippen LogP contribution >= 0.6 is 0 Å². The van der Waals surface area contributed by atoms with Crippen LogP contribution < -0.4 is 5.43 Å². The molecular formula is C31H38N2O2. The molecule has 0 unspecified atom stereocenters. The quantitative estimate of drug-likeness (QED) is 0.355. The minimum Gasteiger partial charge on any atom is -0.469 e. The lowest BCUT2D eigenvalue weighted by atomic mass is 9.81. The van der Waals surface area contributed by atoms with Gasteiger partial charge in [0.2, 0.25) is 0 Å². The normalized spacial score (nSPS) is 19.7. The number of methoxy groups -OCH3 is 1. The Hall–Kier alpha value is -2.95. The summed E-state index contributed by atoms with van der Waals surface area (Å²) >= 11 is 0. The van der Waals surface area contributed by atoms with Gasteiger partial charge >= 0.3 is 5.97 Å². The van der Waals surface area contributed by atoms with Crippen molar-refractivity contribution in [3.05, 3.63) is 108 Å². The average molecular weight is 471 g/mol. The van der Waals surface area contributed by atoms with Crippen LogP contribution in [0.5, 0.6) is 0 Å². The highest BCUT2D eigenvalue weighted by molar-refractivity contribution is 5.76. The van der Waals surface area contributed by atoms with Crippen molar-refractivity contribution in [1.82, 2.24) is 10.4 Å². The van der Waals surface area contributed by atoms with Crippen LogP contribution in [0, 0.1) is 5.41 Å². The topological polar surface area (TPSA) is 41.6 Å². The molecule has 0 saturated carbocycles. The van der Waals surface area contributed by atoms with E-state index in [4.69, 9.17) is 4.74 Å². The van der Waals surface area contributed by atoms with Gasteiger partial charge in [0, 0.05) is 18.1 Å². The molecule has 0 radical (unpaired) electrons. The van der Waals surface area contributed by atoms with Crippen molar-refractivity contribution in [3.8, 4) is 0 Å². The van der Waals surface area contributed by atoms with E-state index in [9.17, 15) is 4.79 Å². The molecule has 1 saturated heterocycles. The van der Waals surface area contributed by atoms with Crippen molar-refractivity contribution in [1.29, 1.82) is 0 Å². The number of benzene rings is 3. The molecule has 0 amide bonds. The fourth-order valence-corrected chi connectivity index (χ4v) is 5.31. The van der Waals surface area contributed by atoms with Crippen LogP contribution in [-0.2, 0) is 16.0 Å². The summed E-state index contributed by atoms with van der Waals surface area (Å²) in [5.41, 5.74) is 7.10. The number of esters is 1. The van der Waals surface area contributed by atoms with Crippen molar-refractivity contribution in [2.75, 3.05) is 7.11 Å². The molecule has 1 aliphatic heterocycles. The van der Waals surface area contributed by atoms with E-state index in [1.807, 2.05) is 19.9 Å². The third-order valence-corrected chi connectivity index (χ3v) is 7.45. The predicted molar refractivity (Wildman–Crippen MR) is 142 cm³/mol. The number of rotatable bonds is 9. The van der Waals surface area contributed by atoms with E-state index < -0.39 is 5.41 Å². The largest absolute Gasteiger partial charge is 0.469 e. The highest BCUT2D eigenvalue weighted by Gasteiger charge is 2.42. The molecule has 4 nitrogen and oxygen atoms in total. The lowest BCUT2D eigenvalue weighted by Gasteiger charge is -2.47. The van der Waals surface area contributed by atoms with Gasteiger partial charge in [0.25, 0.3) is 0 Å². The average Bonchev–Trinajstić information content (AvgIpc) is 2.91. The molecule has 0 aromatic heterocycles. The summed E-state index contributed by atoms with van der Waals surface area (Å²) in [5.74, 6) is -0.187. The van der Waals surface area contributed by atoms with Gasteiger partial charge in [-0.1, -0.05) is 91.0 Å². The molecule has 3 aromatic carbocycles. The maximum Gasteiger partial charge on any atom is 0.312 e. The van der Waals surface area contributed by atoms with Crippen LogP contribution in [0.2, 0.25) is 0 Å². The molecule has 0 bridgehead atoms. The zero-order chi connectivity index (χ0) is 24.7. The van der Waals surface area contributed by atoms with Crippen LogP contribution in [-0.4, -0.2) is 24.1 Å². The van der Waals surface area contributed by atoms with E-state index in [0.717, 1.165) is 32.1 Å². The van der Waals surface area contributed by atoms with Crippen LogP contribution in [0.1, 0.15) is 68.3 Å². The highest BCUT2D eigenvalue weighted by Crippen LogP contribution is 2.41. The Bertz CT molecular complexity index is 1010. The monoisotopic (exact) mass is 470 g/mol. The van der Waals surface area contributed by atoms with Gasteiger partial charge in [-0.2, -0.15) is 0 Å². The van der Waals surface area contributed by atoms with Crippen molar-refractivity contribution >= 4 is 5.97 Å². The first-order valence-corrected chi connectivity index (χ1v) is 12.8. The standard InChI is InChI=1S/C31H38N2O2/c1-31(2,30(34)35-3)29(23-22-24-14-7-4-8-15-24)32-33-27(25-16-9-5-10-17-25)20-13-21-28(33)26-18-11-6-12-19-26/h4-12,14-19,27-29,32H,13,20-23H2,1-3H3/t27-,28-,29-/m0/s1. The summed E-state index contributed by atoms with van der Waals surface area (Å²) in [6, 6.07) is 32.3. The molecule has 1 fully saturated rings. The fourth-order valence-electron chi connectivity index (χ4n) is 5.31. The first-order chi connectivity index (χ1) is 17.0. The Balaban J connectivity index is 1.69. The van der Waals surface area contributed by atoms with Crippen molar-refractivity contribution < 1.29 is 9.53 Å². The number of carbonyl (C=O) groups is 1. The zero-order valence-electron chi connectivity index (χ0n) is 21.2. The van der Waals surface area contributed by atoms with Gasteiger partial charge in [-0.3, -0.25) is 4.79 Å². The molecule has 3 atom stereocenters. The van der Waals surface area contributed by atoms with E-state index in [-0.39, 0.29) is 24.1 Å². The lowest BCUT2D eigenvalue weighted by Crippen LogP contribution is -2.56. The molecular weight excluding hydrogens is 432 g/mol. The Kier molecular flexibility index (Phi) is 8.37. The van der Waals surface area contributed by atoms with Crippen molar-refractivity contribution in [2.45, 2.75) is 64.1 Å². The third-order valence-electron chi connectivity index (χ3n) is 7.45. The second-order valence-corrected chi connectivity index (χ2v) is 10.1. The zero-order valence-corrected chi connectivity index (χ0v) is 21.2. The summed E-state index contributed by atoms with van der Waals surface area (Å²) in [6.45, 7) is 4.00. The van der Waals surface area contributed by atoms with Gasteiger partial charge in [-0.15, -0.1) is 0 Å². The van der Waals surface area contributed by atoms with Gasteiger partial charge in [-0.25, -0.2) is 10.4 Å². The van der Waals surface area contributed by atoms with Crippen LogP contribution in [0.25, 0.3) is 0 Å². The van der Waals surface area contributed by atoms with E-state index in [2.05, 4.69) is 95.4 Å².